The van der Waals surface area contributed by atoms with E-state index in [4.69, 9.17) is 9.84 Å². The molecular formula is C8H15NO3. The van der Waals surface area contributed by atoms with Crippen molar-refractivity contribution in [3.05, 3.63) is 0 Å². The summed E-state index contributed by atoms with van der Waals surface area (Å²) >= 11 is 0. The van der Waals surface area contributed by atoms with Crippen molar-refractivity contribution in [1.29, 1.82) is 0 Å². The fourth-order valence-corrected chi connectivity index (χ4v) is 1.28. The summed E-state index contributed by atoms with van der Waals surface area (Å²) in [5.41, 5.74) is 0. The molecule has 0 aliphatic carbocycles. The molecule has 0 aromatic rings. The standard InChI is InChI=1S/C8H15NO3/c10-8(11)2-4-9-3-1-6-12-7-5-9/h1-7H2,(H,10,11). The van der Waals surface area contributed by atoms with Crippen LogP contribution in [0.4, 0.5) is 0 Å². The molecule has 0 spiro atoms. The number of hydrogen-bond acceptors (Lipinski definition) is 3. The molecule has 1 aliphatic heterocycles. The fourth-order valence-electron chi connectivity index (χ4n) is 1.28. The molecule has 0 aromatic carbocycles. The molecule has 0 amide bonds. The highest BCUT2D eigenvalue weighted by atomic mass is 16.5. The van der Waals surface area contributed by atoms with Crippen molar-refractivity contribution in [3.63, 3.8) is 0 Å². The van der Waals surface area contributed by atoms with Gasteiger partial charge in [0.15, 0.2) is 0 Å². The third-order valence-corrected chi connectivity index (χ3v) is 1.96. The molecule has 1 N–H and O–H groups in total. The van der Waals surface area contributed by atoms with E-state index in [2.05, 4.69) is 4.90 Å². The molecule has 1 aliphatic rings. The van der Waals surface area contributed by atoms with Gasteiger partial charge >= 0.3 is 5.97 Å². The summed E-state index contributed by atoms with van der Waals surface area (Å²) in [5.74, 6) is -0.722. The first-order valence-electron chi connectivity index (χ1n) is 4.31. The summed E-state index contributed by atoms with van der Waals surface area (Å²) in [6.07, 6.45) is 1.25. The first-order valence-corrected chi connectivity index (χ1v) is 4.31. The molecule has 4 heteroatoms. The summed E-state index contributed by atoms with van der Waals surface area (Å²) < 4.78 is 5.24. The van der Waals surface area contributed by atoms with Crippen molar-refractivity contribution in [2.45, 2.75) is 12.8 Å². The zero-order valence-corrected chi connectivity index (χ0v) is 7.16. The van der Waals surface area contributed by atoms with Gasteiger partial charge in [-0.05, 0) is 6.42 Å². The SMILES string of the molecule is O=C(O)CCN1CCCOCC1. The van der Waals surface area contributed by atoms with E-state index in [0.717, 1.165) is 32.7 Å². The molecule has 70 valence electrons. The first-order chi connectivity index (χ1) is 5.79. The van der Waals surface area contributed by atoms with Gasteiger partial charge in [0.05, 0.1) is 13.0 Å². The van der Waals surface area contributed by atoms with Gasteiger partial charge in [0, 0.05) is 26.2 Å². The van der Waals surface area contributed by atoms with Gasteiger partial charge < -0.3 is 14.7 Å². The topological polar surface area (TPSA) is 49.8 Å². The summed E-state index contributed by atoms with van der Waals surface area (Å²) in [4.78, 5) is 12.4. The molecule has 1 rings (SSSR count). The van der Waals surface area contributed by atoms with Crippen LogP contribution in [0.1, 0.15) is 12.8 Å². The van der Waals surface area contributed by atoms with E-state index in [9.17, 15) is 4.79 Å². The van der Waals surface area contributed by atoms with Gasteiger partial charge in [-0.15, -0.1) is 0 Å². The van der Waals surface area contributed by atoms with Gasteiger partial charge in [-0.25, -0.2) is 0 Å². The lowest BCUT2D eigenvalue weighted by Gasteiger charge is -2.17. The summed E-state index contributed by atoms with van der Waals surface area (Å²) in [5, 5.41) is 8.46. The normalized spacial score (nSPS) is 20.3. The van der Waals surface area contributed by atoms with Crippen LogP contribution in [0.3, 0.4) is 0 Å². The lowest BCUT2D eigenvalue weighted by atomic mass is 10.3. The summed E-state index contributed by atoms with van der Waals surface area (Å²) in [6.45, 7) is 4.03. The van der Waals surface area contributed by atoms with Gasteiger partial charge in [0.25, 0.3) is 0 Å². The number of nitrogens with zero attached hydrogens (tertiary/aromatic N) is 1. The number of ether oxygens (including phenoxy) is 1. The molecule has 0 bridgehead atoms. The van der Waals surface area contributed by atoms with Crippen LogP contribution in [-0.4, -0.2) is 48.8 Å². The number of rotatable bonds is 3. The number of carbonyl (C=O) groups is 1. The number of hydrogen-bond donors (Lipinski definition) is 1. The Hall–Kier alpha value is -0.610. The Kier molecular flexibility index (Phi) is 4.04. The van der Waals surface area contributed by atoms with Gasteiger partial charge in [-0.2, -0.15) is 0 Å². The van der Waals surface area contributed by atoms with Crippen molar-refractivity contribution >= 4 is 5.97 Å². The molecule has 1 heterocycles. The van der Waals surface area contributed by atoms with Gasteiger partial charge in [0.1, 0.15) is 0 Å². The van der Waals surface area contributed by atoms with Crippen molar-refractivity contribution < 1.29 is 14.6 Å². The van der Waals surface area contributed by atoms with Crippen LogP contribution < -0.4 is 0 Å². The number of carboxylic acid groups (broad SMARTS) is 1. The minimum absolute atomic E-state index is 0.236. The minimum atomic E-state index is -0.722. The molecule has 1 fully saturated rings. The maximum atomic E-state index is 10.3. The van der Waals surface area contributed by atoms with Crippen LogP contribution in [0.5, 0.6) is 0 Å². The van der Waals surface area contributed by atoms with E-state index < -0.39 is 5.97 Å². The predicted octanol–water partition coefficient (Wildman–Crippen LogP) is 0.183. The van der Waals surface area contributed by atoms with Crippen molar-refractivity contribution in [3.8, 4) is 0 Å². The average molecular weight is 173 g/mol. The Balaban J connectivity index is 2.16. The largest absolute Gasteiger partial charge is 0.481 e. The zero-order chi connectivity index (χ0) is 8.81. The molecule has 4 nitrogen and oxygen atoms in total. The third kappa shape index (κ3) is 3.69. The smallest absolute Gasteiger partial charge is 0.304 e. The Labute approximate surface area is 72.1 Å². The van der Waals surface area contributed by atoms with E-state index in [1.807, 2.05) is 0 Å². The Morgan fingerprint density at radius 2 is 2.25 bits per heavy atom. The van der Waals surface area contributed by atoms with Gasteiger partial charge in [-0.3, -0.25) is 4.79 Å². The van der Waals surface area contributed by atoms with Crippen molar-refractivity contribution in [2.24, 2.45) is 0 Å². The lowest BCUT2D eigenvalue weighted by molar-refractivity contribution is -0.137. The van der Waals surface area contributed by atoms with Gasteiger partial charge in [-0.1, -0.05) is 0 Å². The van der Waals surface area contributed by atoms with Crippen LogP contribution in [-0.2, 0) is 9.53 Å². The second-order valence-corrected chi connectivity index (χ2v) is 2.95. The van der Waals surface area contributed by atoms with E-state index in [-0.39, 0.29) is 6.42 Å². The molecule has 0 radical (unpaired) electrons. The number of aliphatic carboxylic acids is 1. The Morgan fingerprint density at radius 3 is 3.00 bits per heavy atom. The first kappa shape index (κ1) is 9.48. The second kappa shape index (κ2) is 5.11. The quantitative estimate of drug-likeness (QED) is 0.661. The van der Waals surface area contributed by atoms with E-state index >= 15 is 0 Å². The highest BCUT2D eigenvalue weighted by molar-refractivity contribution is 5.66. The fraction of sp³-hybridized carbons (Fsp3) is 0.875. The molecular weight excluding hydrogens is 158 g/mol. The monoisotopic (exact) mass is 173 g/mol. The van der Waals surface area contributed by atoms with E-state index in [0.29, 0.717) is 6.54 Å². The second-order valence-electron chi connectivity index (χ2n) is 2.95. The average Bonchev–Trinajstić information content (AvgIpc) is 2.28. The van der Waals surface area contributed by atoms with Crippen LogP contribution in [0.2, 0.25) is 0 Å². The molecule has 0 atom stereocenters. The van der Waals surface area contributed by atoms with Crippen LogP contribution >= 0.6 is 0 Å². The zero-order valence-electron chi connectivity index (χ0n) is 7.16. The van der Waals surface area contributed by atoms with E-state index in [1.54, 1.807) is 0 Å². The van der Waals surface area contributed by atoms with Crippen LogP contribution in [0.25, 0.3) is 0 Å². The Bertz CT molecular complexity index is 141. The van der Waals surface area contributed by atoms with Crippen molar-refractivity contribution in [2.75, 3.05) is 32.8 Å². The maximum absolute atomic E-state index is 10.3. The van der Waals surface area contributed by atoms with Crippen molar-refractivity contribution in [1.82, 2.24) is 4.90 Å². The molecule has 0 unspecified atom stereocenters. The maximum Gasteiger partial charge on any atom is 0.304 e. The molecule has 12 heavy (non-hydrogen) atoms. The summed E-state index contributed by atoms with van der Waals surface area (Å²) in [7, 11) is 0. The highest BCUT2D eigenvalue weighted by Gasteiger charge is 2.09. The van der Waals surface area contributed by atoms with Crippen LogP contribution in [0, 0.1) is 0 Å². The Morgan fingerprint density at radius 1 is 1.42 bits per heavy atom. The van der Waals surface area contributed by atoms with Gasteiger partial charge in [0.2, 0.25) is 0 Å². The lowest BCUT2D eigenvalue weighted by Crippen LogP contribution is -2.28. The predicted molar refractivity (Wildman–Crippen MR) is 44.1 cm³/mol. The highest BCUT2D eigenvalue weighted by Crippen LogP contribution is 1.99. The number of carboxylic acids is 1. The third-order valence-electron chi connectivity index (χ3n) is 1.96. The molecule has 0 saturated carbocycles. The summed E-state index contributed by atoms with van der Waals surface area (Å²) in [6, 6.07) is 0. The molecule has 0 aromatic heterocycles. The van der Waals surface area contributed by atoms with Crippen LogP contribution in [0.15, 0.2) is 0 Å². The molecule has 1 saturated heterocycles. The minimum Gasteiger partial charge on any atom is -0.481 e. The van der Waals surface area contributed by atoms with E-state index in [1.165, 1.54) is 0 Å².